The first-order valence-corrected chi connectivity index (χ1v) is 16.7. The molecule has 0 radical (unpaired) electrons. The summed E-state index contributed by atoms with van der Waals surface area (Å²) in [4.78, 5) is 25.5. The van der Waals surface area contributed by atoms with E-state index >= 15 is 0 Å². The van der Waals surface area contributed by atoms with Crippen LogP contribution in [-0.4, -0.2) is 55.8 Å². The molecule has 0 spiro atoms. The van der Waals surface area contributed by atoms with Gasteiger partial charge >= 0.3 is 12.3 Å². The fourth-order valence-corrected chi connectivity index (χ4v) is 5.05. The number of rotatable bonds is 15. The van der Waals surface area contributed by atoms with Crippen molar-refractivity contribution in [2.75, 3.05) is 17.9 Å². The maximum atomic E-state index is 13.6. The lowest BCUT2D eigenvalue weighted by molar-refractivity contribution is -0.219. The molecular formula is C34H41F4N7O3S. The molecule has 0 aliphatic carbocycles. The van der Waals surface area contributed by atoms with Crippen molar-refractivity contribution in [3.63, 3.8) is 0 Å². The molecule has 3 aromatic heterocycles. The predicted octanol–water partition coefficient (Wildman–Crippen LogP) is 8.58. The van der Waals surface area contributed by atoms with E-state index in [9.17, 15) is 22.4 Å². The minimum Gasteiger partial charge on any atom is -0.476 e. The first-order valence-electron chi connectivity index (χ1n) is 15.8. The van der Waals surface area contributed by atoms with Gasteiger partial charge in [0, 0.05) is 41.5 Å². The number of pyridine rings is 1. The first kappa shape index (κ1) is 37.4. The van der Waals surface area contributed by atoms with Gasteiger partial charge in [0.15, 0.2) is 11.6 Å². The number of ether oxygens (including phenoxy) is 2. The minimum atomic E-state index is -4.45. The first-order chi connectivity index (χ1) is 23.1. The summed E-state index contributed by atoms with van der Waals surface area (Å²) in [6, 6.07) is 12.2. The molecule has 0 bridgehead atoms. The van der Waals surface area contributed by atoms with Crippen LogP contribution in [-0.2, 0) is 11.2 Å². The molecule has 4 rings (SSSR count). The largest absolute Gasteiger partial charge is 0.476 e. The molecule has 1 amide bonds. The van der Waals surface area contributed by atoms with Gasteiger partial charge in [0.05, 0.1) is 11.6 Å². The molecule has 0 unspecified atom stereocenters. The van der Waals surface area contributed by atoms with Crippen molar-refractivity contribution in [1.82, 2.24) is 30.0 Å². The zero-order valence-corrected chi connectivity index (χ0v) is 28.9. The third-order valence-corrected chi connectivity index (χ3v) is 7.97. The quantitative estimate of drug-likeness (QED) is 0.0544. The van der Waals surface area contributed by atoms with Crippen LogP contribution in [0.1, 0.15) is 65.9 Å². The van der Waals surface area contributed by atoms with Crippen molar-refractivity contribution in [2.45, 2.75) is 83.4 Å². The van der Waals surface area contributed by atoms with Crippen LogP contribution in [0.2, 0.25) is 0 Å². The van der Waals surface area contributed by atoms with Gasteiger partial charge in [-0.3, -0.25) is 0 Å². The summed E-state index contributed by atoms with van der Waals surface area (Å²) in [6.07, 6.45) is 3.80. The van der Waals surface area contributed by atoms with Crippen molar-refractivity contribution < 1.29 is 31.8 Å². The lowest BCUT2D eigenvalue weighted by Gasteiger charge is -2.26. The van der Waals surface area contributed by atoms with Gasteiger partial charge in [-0.2, -0.15) is 17.6 Å². The highest BCUT2D eigenvalue weighted by Gasteiger charge is 2.48. The summed E-state index contributed by atoms with van der Waals surface area (Å²) in [5.74, 6) is 0.134. The number of alkyl carbamates (subject to hydrolysis) is 1. The van der Waals surface area contributed by atoms with Crippen molar-refractivity contribution in [1.29, 1.82) is 0 Å². The Morgan fingerprint density at radius 3 is 2.47 bits per heavy atom. The van der Waals surface area contributed by atoms with Gasteiger partial charge in [0.1, 0.15) is 17.9 Å². The van der Waals surface area contributed by atoms with E-state index in [0.29, 0.717) is 28.8 Å². The number of amides is 1. The molecule has 3 heterocycles. The zero-order valence-electron chi connectivity index (χ0n) is 28.1. The highest BCUT2D eigenvalue weighted by Crippen LogP contribution is 2.38. The summed E-state index contributed by atoms with van der Waals surface area (Å²) in [5.41, 5.74) is -0.319. The summed E-state index contributed by atoms with van der Waals surface area (Å²) in [5, 5.41) is 7.14. The van der Waals surface area contributed by atoms with Crippen molar-refractivity contribution >= 4 is 23.9 Å². The van der Waals surface area contributed by atoms with Gasteiger partial charge in [0.2, 0.25) is 11.8 Å². The number of nitrogens with one attached hydrogen (secondary N) is 2. The number of aryl methyl sites for hydroxylation is 1. The Morgan fingerprint density at radius 2 is 1.73 bits per heavy atom. The molecule has 0 fully saturated rings. The molecule has 0 saturated heterocycles. The van der Waals surface area contributed by atoms with Crippen LogP contribution in [0.3, 0.4) is 0 Å². The summed E-state index contributed by atoms with van der Waals surface area (Å²) >= 11 is 1.14. The monoisotopic (exact) mass is 703 g/mol. The Kier molecular flexibility index (Phi) is 12.5. The van der Waals surface area contributed by atoms with E-state index in [2.05, 4.69) is 25.1 Å². The van der Waals surface area contributed by atoms with Crippen LogP contribution >= 0.6 is 11.9 Å². The number of unbranched alkanes of at least 4 members (excludes halogenated alkanes) is 3. The van der Waals surface area contributed by atoms with E-state index in [-0.39, 0.29) is 5.88 Å². The van der Waals surface area contributed by atoms with Crippen LogP contribution in [0.15, 0.2) is 66.0 Å². The summed E-state index contributed by atoms with van der Waals surface area (Å²) < 4.78 is 69.0. The van der Waals surface area contributed by atoms with Crippen molar-refractivity contribution in [2.24, 2.45) is 5.41 Å². The number of carbonyl (C=O) groups is 1. The zero-order chi connectivity index (χ0) is 35.7. The predicted molar refractivity (Wildman–Crippen MR) is 180 cm³/mol. The normalized spacial score (nSPS) is 12.1. The highest BCUT2D eigenvalue weighted by molar-refractivity contribution is 8.00. The van der Waals surface area contributed by atoms with Crippen LogP contribution in [0.5, 0.6) is 5.88 Å². The van der Waals surface area contributed by atoms with Gasteiger partial charge in [-0.15, -0.1) is 5.10 Å². The van der Waals surface area contributed by atoms with E-state index in [4.69, 9.17) is 14.5 Å². The number of hydrogen-bond donors (Lipinski definition) is 2. The highest BCUT2D eigenvalue weighted by atomic mass is 32.2. The van der Waals surface area contributed by atoms with Crippen molar-refractivity contribution in [3.8, 4) is 23.0 Å². The number of halogens is 4. The van der Waals surface area contributed by atoms with Crippen LogP contribution in [0.4, 0.5) is 28.2 Å². The average molecular weight is 704 g/mol. The second kappa shape index (κ2) is 16.3. The van der Waals surface area contributed by atoms with E-state index < -0.39 is 35.8 Å². The van der Waals surface area contributed by atoms with Gasteiger partial charge in [-0.1, -0.05) is 37.1 Å². The number of alkyl halides is 3. The van der Waals surface area contributed by atoms with E-state index in [1.807, 2.05) is 45.0 Å². The van der Waals surface area contributed by atoms with Gasteiger partial charge in [-0.05, 0) is 77.5 Å². The number of benzene rings is 1. The van der Waals surface area contributed by atoms with Crippen LogP contribution in [0, 0.1) is 11.4 Å². The third kappa shape index (κ3) is 11.3. The average Bonchev–Trinajstić information content (AvgIpc) is 3.50. The fraction of sp³-hybridized carbons (Fsp3) is 0.441. The molecule has 0 aliphatic rings. The Morgan fingerprint density at radius 1 is 0.980 bits per heavy atom. The molecule has 264 valence electrons. The molecule has 49 heavy (non-hydrogen) atoms. The number of carbonyl (C=O) groups excluding carboxylic acids is 1. The molecule has 0 aliphatic heterocycles. The Labute approximate surface area is 287 Å². The molecule has 0 atom stereocenters. The summed E-state index contributed by atoms with van der Waals surface area (Å²) in [6.45, 7) is 7.50. The smallest absolute Gasteiger partial charge is 0.407 e. The van der Waals surface area contributed by atoms with E-state index in [1.165, 1.54) is 29.2 Å². The standard InChI is InChI=1S/C34H41F4N7O3S/c1-32(2,3)48-31(46)40-17-11-7-6-8-12-23-13-9-10-14-25(23)29-30(41-21-27(42-29)44-49-24-15-18-39-26(35)20-24)45-19-16-28(43-45)47-22-33(4,5)34(36,37)38/h9-10,13-16,18-21H,6-8,11-12,17,22H2,1-5H3,(H,40,46)(H,42,44). The molecular weight excluding hydrogens is 662 g/mol. The number of hydrogen-bond acceptors (Lipinski definition) is 9. The van der Waals surface area contributed by atoms with Crippen LogP contribution < -0.4 is 14.8 Å². The number of aromatic nitrogens is 5. The fourth-order valence-electron chi connectivity index (χ4n) is 4.45. The van der Waals surface area contributed by atoms with E-state index in [0.717, 1.165) is 69.0 Å². The maximum absolute atomic E-state index is 13.6. The van der Waals surface area contributed by atoms with Gasteiger partial charge in [0.25, 0.3) is 0 Å². The second-order valence-electron chi connectivity index (χ2n) is 13.0. The third-order valence-electron chi connectivity index (χ3n) is 7.17. The van der Waals surface area contributed by atoms with Crippen molar-refractivity contribution in [3.05, 3.63) is 72.6 Å². The van der Waals surface area contributed by atoms with Gasteiger partial charge in [-0.25, -0.2) is 24.4 Å². The summed E-state index contributed by atoms with van der Waals surface area (Å²) in [7, 11) is 0. The Hall–Kier alpha value is -4.40. The topological polar surface area (TPSA) is 116 Å². The maximum Gasteiger partial charge on any atom is 0.407 e. The second-order valence-corrected chi connectivity index (χ2v) is 13.8. The molecule has 15 heteroatoms. The lowest BCUT2D eigenvalue weighted by atomic mass is 9.94. The minimum absolute atomic E-state index is 0.0111. The molecule has 10 nitrogen and oxygen atoms in total. The molecule has 1 aromatic carbocycles. The SMILES string of the molecule is CC(C)(C)OC(=O)NCCCCCCc1ccccc1-c1nc(NSc2ccnc(F)c2)cnc1-n1ccc(OCC(C)(C)C(F)(F)F)n1. The lowest BCUT2D eigenvalue weighted by Crippen LogP contribution is -2.37. The van der Waals surface area contributed by atoms with Gasteiger partial charge < -0.3 is 19.5 Å². The Balaban J connectivity index is 1.51. The Bertz CT molecular complexity index is 1690. The molecule has 4 aromatic rings. The van der Waals surface area contributed by atoms with E-state index in [1.54, 1.807) is 12.3 Å². The number of nitrogens with zero attached hydrogens (tertiary/aromatic N) is 5. The molecule has 0 saturated carbocycles. The number of anilines is 1. The molecule has 2 N–H and O–H groups in total. The van der Waals surface area contributed by atoms with Crippen LogP contribution in [0.25, 0.3) is 17.1 Å².